The molecule has 2 N–H and O–H groups in total. The Morgan fingerprint density at radius 3 is 2.71 bits per heavy atom. The lowest BCUT2D eigenvalue weighted by Crippen LogP contribution is -2.49. The van der Waals surface area contributed by atoms with E-state index in [2.05, 4.69) is 4.90 Å². The van der Waals surface area contributed by atoms with Crippen LogP contribution in [0.5, 0.6) is 0 Å². The van der Waals surface area contributed by atoms with Gasteiger partial charge in [-0.2, -0.15) is 0 Å². The van der Waals surface area contributed by atoms with Gasteiger partial charge in [-0.3, -0.25) is 0 Å². The second-order valence-corrected chi connectivity index (χ2v) is 7.57. The number of sulfone groups is 1. The third-order valence-corrected chi connectivity index (χ3v) is 5.56. The number of nitrogens with zero attached hydrogens (tertiary/aromatic N) is 1. The first-order valence-electron chi connectivity index (χ1n) is 7.40. The average Bonchev–Trinajstić information content (AvgIpc) is 2.46. The fraction of sp³-hybridized carbons (Fsp3) is 0.600. The quantitative estimate of drug-likeness (QED) is 0.890. The van der Waals surface area contributed by atoms with Gasteiger partial charge in [0.25, 0.3) is 0 Å². The molecular formula is C15H24N2O3S. The number of hydrogen-bond donors (Lipinski definition) is 1. The number of nitrogens with two attached hydrogens (primary N) is 1. The van der Waals surface area contributed by atoms with Crippen LogP contribution in [0.15, 0.2) is 29.2 Å². The molecule has 1 aromatic carbocycles. The van der Waals surface area contributed by atoms with Crippen LogP contribution >= 0.6 is 0 Å². The summed E-state index contributed by atoms with van der Waals surface area (Å²) in [4.78, 5) is 2.49. The zero-order valence-corrected chi connectivity index (χ0v) is 13.5. The number of morpholine rings is 1. The van der Waals surface area contributed by atoms with Gasteiger partial charge in [-0.05, 0) is 25.5 Å². The number of anilines is 1. The third kappa shape index (κ3) is 3.75. The summed E-state index contributed by atoms with van der Waals surface area (Å²) in [5, 5.41) is 0. The highest BCUT2D eigenvalue weighted by atomic mass is 32.2. The molecule has 0 spiro atoms. The molecule has 1 aliphatic rings. The van der Waals surface area contributed by atoms with Crippen molar-refractivity contribution in [3.63, 3.8) is 0 Å². The average molecular weight is 312 g/mol. The molecule has 5 nitrogen and oxygen atoms in total. The first-order valence-corrected chi connectivity index (χ1v) is 9.05. The van der Waals surface area contributed by atoms with Crippen molar-refractivity contribution in [3.05, 3.63) is 24.3 Å². The molecule has 0 radical (unpaired) electrons. The predicted molar refractivity (Wildman–Crippen MR) is 84.4 cm³/mol. The van der Waals surface area contributed by atoms with Crippen molar-refractivity contribution < 1.29 is 13.2 Å². The van der Waals surface area contributed by atoms with Crippen molar-refractivity contribution in [1.82, 2.24) is 0 Å². The highest BCUT2D eigenvalue weighted by Gasteiger charge is 2.28. The molecule has 0 bridgehead atoms. The minimum absolute atomic E-state index is 0.0363. The monoisotopic (exact) mass is 312 g/mol. The molecule has 21 heavy (non-hydrogen) atoms. The van der Waals surface area contributed by atoms with E-state index in [1.165, 1.54) is 0 Å². The molecule has 0 aromatic heterocycles. The fourth-order valence-corrected chi connectivity index (χ4v) is 4.29. The normalized spacial score (nSPS) is 23.3. The van der Waals surface area contributed by atoms with Crippen LogP contribution in [0.2, 0.25) is 0 Å². The minimum Gasteiger partial charge on any atom is -0.370 e. The molecule has 1 heterocycles. The van der Waals surface area contributed by atoms with Gasteiger partial charge in [0.05, 0.1) is 28.5 Å². The molecule has 0 saturated carbocycles. The molecule has 1 fully saturated rings. The summed E-state index contributed by atoms with van der Waals surface area (Å²) in [7, 11) is -3.25. The van der Waals surface area contributed by atoms with E-state index >= 15 is 0 Å². The molecule has 1 aliphatic heterocycles. The molecule has 0 aliphatic carbocycles. The van der Waals surface area contributed by atoms with Crippen molar-refractivity contribution in [2.24, 2.45) is 5.73 Å². The highest BCUT2D eigenvalue weighted by Crippen LogP contribution is 2.28. The Hall–Kier alpha value is -1.11. The maximum atomic E-state index is 12.4. The van der Waals surface area contributed by atoms with Gasteiger partial charge in [-0.1, -0.05) is 19.1 Å². The number of para-hydroxylation sites is 1. The van der Waals surface area contributed by atoms with Crippen molar-refractivity contribution >= 4 is 15.5 Å². The molecule has 2 unspecified atom stereocenters. The Labute approximate surface area is 127 Å². The lowest BCUT2D eigenvalue weighted by atomic mass is 10.2. The number of rotatable bonds is 5. The first-order chi connectivity index (χ1) is 9.97. The second-order valence-electron chi connectivity index (χ2n) is 5.50. The van der Waals surface area contributed by atoms with Gasteiger partial charge in [-0.25, -0.2) is 8.42 Å². The molecule has 2 rings (SSSR count). The minimum atomic E-state index is -3.25. The van der Waals surface area contributed by atoms with Gasteiger partial charge in [0, 0.05) is 19.6 Å². The molecule has 1 saturated heterocycles. The summed E-state index contributed by atoms with van der Waals surface area (Å²) in [5.41, 5.74) is 6.47. The summed E-state index contributed by atoms with van der Waals surface area (Å²) in [6.45, 7) is 5.60. The van der Waals surface area contributed by atoms with E-state index in [0.717, 1.165) is 5.69 Å². The van der Waals surface area contributed by atoms with Crippen LogP contribution in [-0.2, 0) is 14.6 Å². The Balaban J connectivity index is 2.36. The number of benzene rings is 1. The standard InChI is InChI=1S/C15H24N2O3S/c1-3-8-21(18,19)15-7-5-4-6-14(15)17-10-12(2)20-13(9-16)11-17/h4-7,12-13H,3,8-11,16H2,1-2H3. The second kappa shape index (κ2) is 6.77. The summed E-state index contributed by atoms with van der Waals surface area (Å²) in [5.74, 6) is 0.171. The topological polar surface area (TPSA) is 72.6 Å². The lowest BCUT2D eigenvalue weighted by molar-refractivity contribution is -0.0106. The van der Waals surface area contributed by atoms with Crippen LogP contribution in [-0.4, -0.2) is 46.0 Å². The van der Waals surface area contributed by atoms with E-state index in [0.29, 0.717) is 31.0 Å². The van der Waals surface area contributed by atoms with E-state index in [9.17, 15) is 8.42 Å². The first kappa shape index (κ1) is 16.3. The molecule has 118 valence electrons. The zero-order chi connectivity index (χ0) is 15.5. The lowest BCUT2D eigenvalue weighted by Gasteiger charge is -2.38. The number of hydrogen-bond acceptors (Lipinski definition) is 5. The van der Waals surface area contributed by atoms with Gasteiger partial charge < -0.3 is 15.4 Å². The number of ether oxygens (including phenoxy) is 1. The predicted octanol–water partition coefficient (Wildman–Crippen LogP) is 1.42. The van der Waals surface area contributed by atoms with Crippen molar-refractivity contribution in [2.75, 3.05) is 30.3 Å². The van der Waals surface area contributed by atoms with Crippen molar-refractivity contribution in [1.29, 1.82) is 0 Å². The van der Waals surface area contributed by atoms with Crippen LogP contribution in [0.1, 0.15) is 20.3 Å². The largest absolute Gasteiger partial charge is 0.370 e. The maximum Gasteiger partial charge on any atom is 0.180 e. The molecule has 0 amide bonds. The fourth-order valence-electron chi connectivity index (χ4n) is 2.73. The Morgan fingerprint density at radius 2 is 2.05 bits per heavy atom. The van der Waals surface area contributed by atoms with E-state index < -0.39 is 9.84 Å². The van der Waals surface area contributed by atoms with E-state index in [1.807, 2.05) is 26.0 Å². The van der Waals surface area contributed by atoms with Crippen LogP contribution in [0.3, 0.4) is 0 Å². The van der Waals surface area contributed by atoms with Gasteiger partial charge in [0.2, 0.25) is 0 Å². The van der Waals surface area contributed by atoms with Gasteiger partial charge in [0.15, 0.2) is 9.84 Å². The van der Waals surface area contributed by atoms with Crippen molar-refractivity contribution in [2.45, 2.75) is 37.4 Å². The molecule has 6 heteroatoms. The Morgan fingerprint density at radius 1 is 1.33 bits per heavy atom. The third-order valence-electron chi connectivity index (χ3n) is 3.60. The van der Waals surface area contributed by atoms with E-state index in [4.69, 9.17) is 10.5 Å². The highest BCUT2D eigenvalue weighted by molar-refractivity contribution is 7.91. The van der Waals surface area contributed by atoms with E-state index in [1.54, 1.807) is 12.1 Å². The smallest absolute Gasteiger partial charge is 0.180 e. The summed E-state index contributed by atoms with van der Waals surface area (Å²) in [6, 6.07) is 7.21. The van der Waals surface area contributed by atoms with E-state index in [-0.39, 0.29) is 18.0 Å². The van der Waals surface area contributed by atoms with Gasteiger partial charge in [-0.15, -0.1) is 0 Å². The molecule has 1 aromatic rings. The van der Waals surface area contributed by atoms with Crippen molar-refractivity contribution in [3.8, 4) is 0 Å². The van der Waals surface area contributed by atoms with Gasteiger partial charge in [0.1, 0.15) is 0 Å². The Kier molecular flexibility index (Phi) is 5.24. The zero-order valence-electron chi connectivity index (χ0n) is 12.7. The van der Waals surface area contributed by atoms with Crippen LogP contribution in [0.25, 0.3) is 0 Å². The summed E-state index contributed by atoms with van der Waals surface area (Å²) in [6.07, 6.45) is 0.589. The van der Waals surface area contributed by atoms with Crippen LogP contribution in [0, 0.1) is 0 Å². The van der Waals surface area contributed by atoms with Gasteiger partial charge >= 0.3 is 0 Å². The summed E-state index contributed by atoms with van der Waals surface area (Å²) < 4.78 is 30.6. The van der Waals surface area contributed by atoms with Crippen LogP contribution in [0.4, 0.5) is 5.69 Å². The molecule has 2 atom stereocenters. The molecular weight excluding hydrogens is 288 g/mol. The SMILES string of the molecule is CCCS(=O)(=O)c1ccccc1N1CC(C)OC(CN)C1. The summed E-state index contributed by atoms with van der Waals surface area (Å²) >= 11 is 0. The van der Waals surface area contributed by atoms with Crippen LogP contribution < -0.4 is 10.6 Å². The Bertz CT molecular complexity index is 574. The maximum absolute atomic E-state index is 12.4.